The van der Waals surface area contributed by atoms with Gasteiger partial charge in [-0.1, -0.05) is 65.3 Å². The molecule has 0 atom stereocenters. The predicted molar refractivity (Wildman–Crippen MR) is 135 cm³/mol. The van der Waals surface area contributed by atoms with Crippen LogP contribution in [0, 0.1) is 0 Å². The third kappa shape index (κ3) is 5.53. The standard InChI is InChI=1S/C24H22BrN3OS2/c1-2-3-4-16-5-11-19(12-6-16)28-21(29)14-31-24-22-20(13-30-23(22)26-15-27-24)17-7-9-18(25)10-8-17/h5-13,15H,2-4,14H2,1H3,(H,28,29). The molecule has 2 aromatic carbocycles. The summed E-state index contributed by atoms with van der Waals surface area (Å²) in [5.41, 5.74) is 4.33. The summed E-state index contributed by atoms with van der Waals surface area (Å²) in [5.74, 6) is 0.248. The second kappa shape index (κ2) is 10.4. The summed E-state index contributed by atoms with van der Waals surface area (Å²) in [6, 6.07) is 16.3. The fraction of sp³-hybridized carbons (Fsp3) is 0.208. The van der Waals surface area contributed by atoms with E-state index >= 15 is 0 Å². The molecule has 0 unspecified atom stereocenters. The van der Waals surface area contributed by atoms with E-state index in [0.29, 0.717) is 5.75 Å². The molecule has 0 aliphatic rings. The summed E-state index contributed by atoms with van der Waals surface area (Å²) >= 11 is 6.52. The maximum absolute atomic E-state index is 12.5. The van der Waals surface area contributed by atoms with Gasteiger partial charge in [0, 0.05) is 21.1 Å². The largest absolute Gasteiger partial charge is 0.325 e. The number of halogens is 1. The molecule has 158 valence electrons. The van der Waals surface area contributed by atoms with Crippen LogP contribution in [-0.2, 0) is 11.2 Å². The molecule has 0 fully saturated rings. The Morgan fingerprint density at radius 2 is 1.87 bits per heavy atom. The lowest BCUT2D eigenvalue weighted by atomic mass is 10.1. The molecule has 7 heteroatoms. The molecule has 0 saturated carbocycles. The molecule has 2 aromatic heterocycles. The number of nitrogens with zero attached hydrogens (tertiary/aromatic N) is 2. The van der Waals surface area contributed by atoms with E-state index in [2.05, 4.69) is 67.8 Å². The Morgan fingerprint density at radius 1 is 1.10 bits per heavy atom. The van der Waals surface area contributed by atoms with Crippen LogP contribution in [-0.4, -0.2) is 21.6 Å². The second-order valence-electron chi connectivity index (χ2n) is 7.15. The highest BCUT2D eigenvalue weighted by atomic mass is 79.9. The number of rotatable bonds is 8. The average Bonchev–Trinajstić information content (AvgIpc) is 3.22. The van der Waals surface area contributed by atoms with Gasteiger partial charge in [-0.15, -0.1) is 11.3 Å². The van der Waals surface area contributed by atoms with Crippen LogP contribution in [0.5, 0.6) is 0 Å². The average molecular weight is 512 g/mol. The van der Waals surface area contributed by atoms with Gasteiger partial charge in [0.1, 0.15) is 16.2 Å². The van der Waals surface area contributed by atoms with Gasteiger partial charge in [-0.25, -0.2) is 9.97 Å². The van der Waals surface area contributed by atoms with E-state index in [0.717, 1.165) is 43.0 Å². The summed E-state index contributed by atoms with van der Waals surface area (Å²) in [5, 5.41) is 6.92. The number of anilines is 1. The summed E-state index contributed by atoms with van der Waals surface area (Å²) in [6.07, 6.45) is 5.01. The molecule has 4 rings (SSSR count). The third-order valence-corrected chi connectivity index (χ3v) is 7.29. The van der Waals surface area contributed by atoms with Crippen molar-refractivity contribution >= 4 is 60.8 Å². The first kappa shape index (κ1) is 22.0. The third-order valence-electron chi connectivity index (χ3n) is 4.89. The number of nitrogens with one attached hydrogen (secondary N) is 1. The van der Waals surface area contributed by atoms with E-state index in [1.54, 1.807) is 17.7 Å². The Balaban J connectivity index is 1.45. The SMILES string of the molecule is CCCCc1ccc(NC(=O)CSc2ncnc3scc(-c4ccc(Br)cc4)c23)cc1. The second-order valence-corrected chi connectivity index (χ2v) is 9.89. The van der Waals surface area contributed by atoms with Crippen molar-refractivity contribution < 1.29 is 4.79 Å². The van der Waals surface area contributed by atoms with E-state index < -0.39 is 0 Å². The van der Waals surface area contributed by atoms with E-state index in [-0.39, 0.29) is 5.91 Å². The Bertz CT molecular complexity index is 1170. The van der Waals surface area contributed by atoms with E-state index in [9.17, 15) is 4.79 Å². The topological polar surface area (TPSA) is 54.9 Å². The molecule has 0 aliphatic carbocycles. The fourth-order valence-electron chi connectivity index (χ4n) is 3.27. The van der Waals surface area contributed by atoms with Crippen molar-refractivity contribution in [3.8, 4) is 11.1 Å². The maximum Gasteiger partial charge on any atom is 0.234 e. The predicted octanol–water partition coefficient (Wildman–Crippen LogP) is 7.19. The van der Waals surface area contributed by atoms with Crippen molar-refractivity contribution in [2.24, 2.45) is 0 Å². The summed E-state index contributed by atoms with van der Waals surface area (Å²) in [7, 11) is 0. The molecule has 0 saturated heterocycles. The van der Waals surface area contributed by atoms with Crippen LogP contribution in [0.15, 0.2) is 69.7 Å². The van der Waals surface area contributed by atoms with Gasteiger partial charge in [0.05, 0.1) is 11.1 Å². The van der Waals surface area contributed by atoms with Gasteiger partial charge in [-0.2, -0.15) is 0 Å². The number of unbranched alkanes of at least 4 members (excludes halogenated alkanes) is 1. The lowest BCUT2D eigenvalue weighted by Gasteiger charge is -2.08. The first-order valence-electron chi connectivity index (χ1n) is 10.1. The number of carbonyl (C=O) groups is 1. The zero-order valence-corrected chi connectivity index (χ0v) is 20.3. The van der Waals surface area contributed by atoms with Crippen molar-refractivity contribution in [3.63, 3.8) is 0 Å². The van der Waals surface area contributed by atoms with Crippen LogP contribution in [0.3, 0.4) is 0 Å². The van der Waals surface area contributed by atoms with Crippen molar-refractivity contribution in [2.45, 2.75) is 31.2 Å². The Morgan fingerprint density at radius 3 is 2.61 bits per heavy atom. The lowest BCUT2D eigenvalue weighted by Crippen LogP contribution is -2.14. The summed E-state index contributed by atoms with van der Waals surface area (Å²) < 4.78 is 1.04. The van der Waals surface area contributed by atoms with Crippen molar-refractivity contribution in [3.05, 3.63) is 70.3 Å². The zero-order valence-electron chi connectivity index (χ0n) is 17.1. The normalized spacial score (nSPS) is 11.0. The van der Waals surface area contributed by atoms with Gasteiger partial charge in [0.15, 0.2) is 0 Å². The number of thioether (sulfide) groups is 1. The molecule has 4 nitrogen and oxygen atoms in total. The fourth-order valence-corrected chi connectivity index (χ4v) is 5.32. The van der Waals surface area contributed by atoms with Crippen LogP contribution in [0.2, 0.25) is 0 Å². The molecule has 0 radical (unpaired) electrons. The molecule has 0 aliphatic heterocycles. The Kier molecular flexibility index (Phi) is 7.37. The van der Waals surface area contributed by atoms with Crippen LogP contribution < -0.4 is 5.32 Å². The number of thiophene rings is 1. The van der Waals surface area contributed by atoms with E-state index in [1.165, 1.54) is 30.2 Å². The molecule has 0 spiro atoms. The minimum absolute atomic E-state index is 0.0431. The number of fused-ring (bicyclic) bond motifs is 1. The number of hydrogen-bond acceptors (Lipinski definition) is 5. The van der Waals surface area contributed by atoms with Crippen LogP contribution in [0.25, 0.3) is 21.3 Å². The van der Waals surface area contributed by atoms with Gasteiger partial charge < -0.3 is 5.32 Å². The van der Waals surface area contributed by atoms with Crippen LogP contribution in [0.1, 0.15) is 25.3 Å². The van der Waals surface area contributed by atoms with E-state index in [4.69, 9.17) is 0 Å². The molecular formula is C24H22BrN3OS2. The molecule has 2 heterocycles. The number of carbonyl (C=O) groups excluding carboxylic acids is 1. The highest BCUT2D eigenvalue weighted by molar-refractivity contribution is 9.10. The molecule has 0 bridgehead atoms. The molecular weight excluding hydrogens is 490 g/mol. The number of amides is 1. The first-order valence-corrected chi connectivity index (χ1v) is 12.8. The number of hydrogen-bond donors (Lipinski definition) is 1. The number of benzene rings is 2. The van der Waals surface area contributed by atoms with Gasteiger partial charge >= 0.3 is 0 Å². The molecule has 4 aromatic rings. The first-order chi connectivity index (χ1) is 15.1. The minimum Gasteiger partial charge on any atom is -0.325 e. The number of aryl methyl sites for hydroxylation is 1. The Hall–Kier alpha value is -2.22. The highest BCUT2D eigenvalue weighted by Gasteiger charge is 2.15. The van der Waals surface area contributed by atoms with Crippen LogP contribution >= 0.6 is 39.0 Å². The van der Waals surface area contributed by atoms with Gasteiger partial charge in [0.25, 0.3) is 0 Å². The molecule has 1 N–H and O–H groups in total. The van der Waals surface area contributed by atoms with E-state index in [1.807, 2.05) is 24.3 Å². The van der Waals surface area contributed by atoms with Crippen LogP contribution in [0.4, 0.5) is 5.69 Å². The van der Waals surface area contributed by atoms with Gasteiger partial charge in [0.2, 0.25) is 5.91 Å². The molecule has 1 amide bonds. The van der Waals surface area contributed by atoms with Crippen molar-refractivity contribution in [2.75, 3.05) is 11.1 Å². The monoisotopic (exact) mass is 511 g/mol. The quantitative estimate of drug-likeness (QED) is 0.201. The zero-order chi connectivity index (χ0) is 21.6. The minimum atomic E-state index is -0.0431. The maximum atomic E-state index is 12.5. The van der Waals surface area contributed by atoms with Crippen molar-refractivity contribution in [1.29, 1.82) is 0 Å². The number of aromatic nitrogens is 2. The molecule has 31 heavy (non-hydrogen) atoms. The smallest absolute Gasteiger partial charge is 0.234 e. The van der Waals surface area contributed by atoms with Crippen molar-refractivity contribution in [1.82, 2.24) is 9.97 Å². The summed E-state index contributed by atoms with van der Waals surface area (Å²) in [4.78, 5) is 22.3. The highest BCUT2D eigenvalue weighted by Crippen LogP contribution is 2.38. The van der Waals surface area contributed by atoms with Gasteiger partial charge in [-0.3, -0.25) is 4.79 Å². The summed E-state index contributed by atoms with van der Waals surface area (Å²) in [6.45, 7) is 2.19. The lowest BCUT2D eigenvalue weighted by molar-refractivity contribution is -0.113. The van der Waals surface area contributed by atoms with Gasteiger partial charge in [-0.05, 0) is 48.2 Å². The Labute approximate surface area is 198 Å².